The molecule has 3 nitrogen and oxygen atoms in total. The average molecular weight is 317 g/mol. The molecule has 0 aliphatic rings. The lowest BCUT2D eigenvalue weighted by Gasteiger charge is -2.11. The standard InChI is InChI=1S/C14H8ClF3O3/c15-12-7-10(21-14(16,17)18)5-6-11(12)8-1-3-9(4-2-8)13(19)20/h1-7H,(H,19,20). The van der Waals surface area contributed by atoms with Crippen LogP contribution >= 0.6 is 11.6 Å². The second kappa shape index (κ2) is 5.65. The van der Waals surface area contributed by atoms with E-state index in [1.165, 1.54) is 30.3 Å². The van der Waals surface area contributed by atoms with Gasteiger partial charge in [0.1, 0.15) is 5.75 Å². The smallest absolute Gasteiger partial charge is 0.478 e. The summed E-state index contributed by atoms with van der Waals surface area (Å²) >= 11 is 5.93. The van der Waals surface area contributed by atoms with Crippen LogP contribution < -0.4 is 4.74 Å². The van der Waals surface area contributed by atoms with E-state index >= 15 is 0 Å². The molecule has 0 radical (unpaired) electrons. The Labute approximate surface area is 122 Å². The fourth-order valence-corrected chi connectivity index (χ4v) is 2.00. The van der Waals surface area contributed by atoms with Crippen molar-refractivity contribution in [1.82, 2.24) is 0 Å². The van der Waals surface area contributed by atoms with Gasteiger partial charge in [0.2, 0.25) is 0 Å². The predicted octanol–water partition coefficient (Wildman–Crippen LogP) is 4.60. The number of aromatic carboxylic acids is 1. The summed E-state index contributed by atoms with van der Waals surface area (Å²) in [5, 5.41) is 8.87. The molecule has 0 aliphatic carbocycles. The van der Waals surface area contributed by atoms with E-state index in [0.717, 1.165) is 12.1 Å². The fraction of sp³-hybridized carbons (Fsp3) is 0.0714. The van der Waals surface area contributed by atoms with Crippen molar-refractivity contribution in [2.24, 2.45) is 0 Å². The van der Waals surface area contributed by atoms with Gasteiger partial charge in [0.15, 0.2) is 0 Å². The summed E-state index contributed by atoms with van der Waals surface area (Å²) in [5.74, 6) is -1.49. The Kier molecular flexibility index (Phi) is 4.09. The molecule has 0 fully saturated rings. The Morgan fingerprint density at radius 1 is 1.10 bits per heavy atom. The van der Waals surface area contributed by atoms with E-state index in [2.05, 4.69) is 4.74 Å². The third kappa shape index (κ3) is 3.88. The molecule has 2 rings (SSSR count). The number of hydrogen-bond donors (Lipinski definition) is 1. The lowest BCUT2D eigenvalue weighted by molar-refractivity contribution is -0.274. The molecule has 2 aromatic carbocycles. The maximum Gasteiger partial charge on any atom is 0.573 e. The first-order valence-electron chi connectivity index (χ1n) is 5.65. The molecule has 0 saturated heterocycles. The van der Waals surface area contributed by atoms with Crippen LogP contribution in [0.2, 0.25) is 5.02 Å². The van der Waals surface area contributed by atoms with E-state index in [-0.39, 0.29) is 10.6 Å². The molecule has 0 bridgehead atoms. The van der Waals surface area contributed by atoms with Crippen LogP contribution in [0, 0.1) is 0 Å². The number of halogens is 4. The second-order valence-electron chi connectivity index (χ2n) is 4.07. The van der Waals surface area contributed by atoms with E-state index in [9.17, 15) is 18.0 Å². The largest absolute Gasteiger partial charge is 0.573 e. The predicted molar refractivity (Wildman–Crippen MR) is 70.5 cm³/mol. The van der Waals surface area contributed by atoms with E-state index in [1.54, 1.807) is 0 Å². The Bertz CT molecular complexity index is 666. The molecule has 0 amide bonds. The third-order valence-corrected chi connectivity index (χ3v) is 2.93. The molecule has 0 aliphatic heterocycles. The van der Waals surface area contributed by atoms with Crippen molar-refractivity contribution in [3.8, 4) is 16.9 Å². The zero-order chi connectivity index (χ0) is 15.6. The van der Waals surface area contributed by atoms with Crippen LogP contribution in [0.1, 0.15) is 10.4 Å². The van der Waals surface area contributed by atoms with Gasteiger partial charge in [0.05, 0.1) is 10.6 Å². The molecule has 0 heterocycles. The number of ether oxygens (including phenoxy) is 1. The topological polar surface area (TPSA) is 46.5 Å². The third-order valence-electron chi connectivity index (χ3n) is 2.62. The van der Waals surface area contributed by atoms with Gasteiger partial charge in [0, 0.05) is 5.56 Å². The fourth-order valence-electron chi connectivity index (χ4n) is 1.72. The lowest BCUT2D eigenvalue weighted by Crippen LogP contribution is -2.17. The van der Waals surface area contributed by atoms with Crippen molar-refractivity contribution >= 4 is 17.6 Å². The molecule has 21 heavy (non-hydrogen) atoms. The molecule has 1 N–H and O–H groups in total. The molecule has 0 unspecified atom stereocenters. The molecule has 2 aromatic rings. The van der Waals surface area contributed by atoms with E-state index < -0.39 is 18.1 Å². The molecule has 0 aromatic heterocycles. The van der Waals surface area contributed by atoms with E-state index in [4.69, 9.17) is 16.7 Å². The number of rotatable bonds is 3. The lowest BCUT2D eigenvalue weighted by atomic mass is 10.0. The minimum absolute atomic E-state index is 0.0693. The molecular formula is C14H8ClF3O3. The number of alkyl halides is 3. The maximum atomic E-state index is 12.1. The van der Waals surface area contributed by atoms with Gasteiger partial charge in [-0.1, -0.05) is 23.7 Å². The molecule has 0 atom stereocenters. The van der Waals surface area contributed by atoms with Crippen LogP contribution in [0.25, 0.3) is 11.1 Å². The summed E-state index contributed by atoms with van der Waals surface area (Å²) in [5.41, 5.74) is 1.17. The van der Waals surface area contributed by atoms with Crippen LogP contribution in [-0.4, -0.2) is 17.4 Å². The van der Waals surface area contributed by atoms with Crippen LogP contribution in [0.4, 0.5) is 13.2 Å². The van der Waals surface area contributed by atoms with Crippen molar-refractivity contribution < 1.29 is 27.8 Å². The summed E-state index contributed by atoms with van der Waals surface area (Å²) in [4.78, 5) is 10.7. The van der Waals surface area contributed by atoms with Crippen LogP contribution in [0.15, 0.2) is 42.5 Å². The monoisotopic (exact) mass is 316 g/mol. The normalized spacial score (nSPS) is 11.2. The summed E-state index contributed by atoms with van der Waals surface area (Å²) < 4.78 is 40.0. The van der Waals surface area contributed by atoms with Gasteiger partial charge in [-0.15, -0.1) is 13.2 Å². The number of carboxylic acid groups (broad SMARTS) is 1. The van der Waals surface area contributed by atoms with Crippen LogP contribution in [0.3, 0.4) is 0 Å². The Morgan fingerprint density at radius 3 is 2.19 bits per heavy atom. The minimum Gasteiger partial charge on any atom is -0.478 e. The number of carbonyl (C=O) groups is 1. The Morgan fingerprint density at radius 2 is 1.71 bits per heavy atom. The van der Waals surface area contributed by atoms with Crippen molar-refractivity contribution in [3.63, 3.8) is 0 Å². The van der Waals surface area contributed by atoms with Crippen molar-refractivity contribution in [3.05, 3.63) is 53.1 Å². The maximum absolute atomic E-state index is 12.1. The van der Waals surface area contributed by atoms with Crippen LogP contribution in [-0.2, 0) is 0 Å². The molecular weight excluding hydrogens is 309 g/mol. The van der Waals surface area contributed by atoms with Gasteiger partial charge < -0.3 is 9.84 Å². The number of hydrogen-bond acceptors (Lipinski definition) is 2. The quantitative estimate of drug-likeness (QED) is 0.900. The average Bonchev–Trinajstić information content (AvgIpc) is 2.37. The highest BCUT2D eigenvalue weighted by atomic mass is 35.5. The summed E-state index contributed by atoms with van der Waals surface area (Å²) in [7, 11) is 0. The minimum atomic E-state index is -4.78. The highest BCUT2D eigenvalue weighted by molar-refractivity contribution is 6.33. The molecule has 0 saturated carbocycles. The van der Waals surface area contributed by atoms with Gasteiger partial charge in [0.25, 0.3) is 0 Å². The van der Waals surface area contributed by atoms with Gasteiger partial charge in [-0.25, -0.2) is 4.79 Å². The number of benzene rings is 2. The summed E-state index contributed by atoms with van der Waals surface area (Å²) in [6.07, 6.45) is -4.78. The first-order chi connectivity index (χ1) is 9.76. The van der Waals surface area contributed by atoms with Crippen LogP contribution in [0.5, 0.6) is 5.75 Å². The molecule has 110 valence electrons. The van der Waals surface area contributed by atoms with Gasteiger partial charge in [-0.3, -0.25) is 0 Å². The number of carboxylic acids is 1. The van der Waals surface area contributed by atoms with Crippen molar-refractivity contribution in [2.75, 3.05) is 0 Å². The SMILES string of the molecule is O=C(O)c1ccc(-c2ccc(OC(F)(F)F)cc2Cl)cc1. The zero-order valence-corrected chi connectivity index (χ0v) is 11.1. The Hall–Kier alpha value is -2.21. The van der Waals surface area contributed by atoms with Crippen molar-refractivity contribution in [2.45, 2.75) is 6.36 Å². The summed E-state index contributed by atoms with van der Waals surface area (Å²) in [6.45, 7) is 0. The van der Waals surface area contributed by atoms with E-state index in [1.807, 2.05) is 0 Å². The van der Waals surface area contributed by atoms with Gasteiger partial charge >= 0.3 is 12.3 Å². The van der Waals surface area contributed by atoms with Gasteiger partial charge in [-0.2, -0.15) is 0 Å². The highest BCUT2D eigenvalue weighted by Crippen LogP contribution is 2.33. The summed E-state index contributed by atoms with van der Waals surface area (Å²) in [6, 6.07) is 9.38. The van der Waals surface area contributed by atoms with Gasteiger partial charge in [-0.05, 0) is 35.9 Å². The second-order valence-corrected chi connectivity index (χ2v) is 4.48. The highest BCUT2D eigenvalue weighted by Gasteiger charge is 2.31. The Balaban J connectivity index is 2.30. The molecule has 0 spiro atoms. The molecule has 7 heteroatoms. The van der Waals surface area contributed by atoms with E-state index in [0.29, 0.717) is 11.1 Å². The van der Waals surface area contributed by atoms with Crippen molar-refractivity contribution in [1.29, 1.82) is 0 Å². The zero-order valence-electron chi connectivity index (χ0n) is 10.3. The first-order valence-corrected chi connectivity index (χ1v) is 6.03. The first kappa shape index (κ1) is 15.2.